The molecule has 2 aromatic heterocycles. The molecule has 2 unspecified atom stereocenters. The fourth-order valence-corrected chi connectivity index (χ4v) is 9.24. The van der Waals surface area contributed by atoms with Crippen molar-refractivity contribution in [3.63, 3.8) is 0 Å². The Kier molecular flexibility index (Phi) is 6.83. The van der Waals surface area contributed by atoms with Gasteiger partial charge >= 0.3 is 0 Å². The normalized spacial score (nSPS) is 23.7. The number of thiazole rings is 1. The minimum atomic E-state index is 0.102. The summed E-state index contributed by atoms with van der Waals surface area (Å²) in [4.78, 5) is 27.8. The van der Waals surface area contributed by atoms with Crippen molar-refractivity contribution >= 4 is 38.5 Å². The molecule has 3 fully saturated rings. The number of fused-ring (bicyclic) bond motifs is 4. The summed E-state index contributed by atoms with van der Waals surface area (Å²) in [7, 11) is 0. The molecular weight excluding hydrogens is 550 g/mol. The molecule has 1 amide bonds. The molecule has 0 saturated carbocycles. The summed E-state index contributed by atoms with van der Waals surface area (Å²) in [5, 5.41) is 0. The summed E-state index contributed by atoms with van der Waals surface area (Å²) in [5.74, 6) is 1.29. The summed E-state index contributed by atoms with van der Waals surface area (Å²) in [5.41, 5.74) is 7.47. The Labute approximate surface area is 257 Å². The van der Waals surface area contributed by atoms with Crippen molar-refractivity contribution in [1.82, 2.24) is 24.3 Å². The van der Waals surface area contributed by atoms with Crippen molar-refractivity contribution in [1.29, 1.82) is 0 Å². The number of benzene rings is 3. The monoisotopic (exact) mass is 589 g/mol. The molecule has 3 aromatic carbocycles. The number of rotatable bonds is 6. The van der Waals surface area contributed by atoms with Crippen molar-refractivity contribution in [2.24, 2.45) is 0 Å². The van der Waals surface area contributed by atoms with E-state index < -0.39 is 0 Å². The number of imidazole rings is 1. The third-order valence-electron chi connectivity index (χ3n) is 10.8. The lowest BCUT2D eigenvalue weighted by Gasteiger charge is -2.45. The molecule has 8 rings (SSSR count). The lowest BCUT2D eigenvalue weighted by atomic mass is 9.70. The first kappa shape index (κ1) is 27.0. The van der Waals surface area contributed by atoms with Gasteiger partial charge in [0, 0.05) is 36.8 Å². The Bertz CT molecular complexity index is 1750. The van der Waals surface area contributed by atoms with Crippen LogP contribution in [0.15, 0.2) is 78.3 Å². The molecule has 43 heavy (non-hydrogen) atoms. The average Bonchev–Trinajstić information content (AvgIpc) is 3.72. The first-order valence-electron chi connectivity index (χ1n) is 16.0. The molecule has 3 aliphatic rings. The first-order chi connectivity index (χ1) is 21.1. The second-order valence-electron chi connectivity index (χ2n) is 13.0. The van der Waals surface area contributed by atoms with E-state index in [0.717, 1.165) is 66.0 Å². The van der Waals surface area contributed by atoms with Crippen LogP contribution in [0.3, 0.4) is 0 Å². The van der Waals surface area contributed by atoms with E-state index in [1.165, 1.54) is 36.8 Å². The average molecular weight is 590 g/mol. The van der Waals surface area contributed by atoms with Gasteiger partial charge in [0.05, 0.1) is 26.8 Å². The maximum Gasteiger partial charge on any atom is 0.253 e. The number of piperidine rings is 2. The van der Waals surface area contributed by atoms with Gasteiger partial charge in [-0.3, -0.25) is 9.69 Å². The van der Waals surface area contributed by atoms with Crippen LogP contribution in [0.2, 0.25) is 0 Å². The Balaban J connectivity index is 0.980. The third kappa shape index (κ3) is 4.77. The van der Waals surface area contributed by atoms with E-state index in [0.29, 0.717) is 18.1 Å². The van der Waals surface area contributed by atoms with Crippen LogP contribution in [0.5, 0.6) is 0 Å². The molecule has 3 saturated heterocycles. The topological polar surface area (TPSA) is 54.3 Å². The summed E-state index contributed by atoms with van der Waals surface area (Å²) in [6.45, 7) is 4.90. The zero-order chi connectivity index (χ0) is 29.0. The molecular formula is C36H39N5OS. The van der Waals surface area contributed by atoms with Gasteiger partial charge < -0.3 is 9.47 Å². The Morgan fingerprint density at radius 3 is 2.44 bits per heavy atom. The molecule has 0 N–H and O–H groups in total. The van der Waals surface area contributed by atoms with Gasteiger partial charge in [0.15, 0.2) is 0 Å². The number of carbonyl (C=O) groups is 1. The van der Waals surface area contributed by atoms with Crippen LogP contribution in [-0.4, -0.2) is 62.0 Å². The molecule has 3 aliphatic heterocycles. The molecule has 6 nitrogen and oxygen atoms in total. The number of likely N-dealkylation sites (tertiary alicyclic amines) is 1. The van der Waals surface area contributed by atoms with Crippen molar-refractivity contribution in [3.8, 4) is 0 Å². The van der Waals surface area contributed by atoms with Crippen LogP contribution in [-0.2, 0) is 5.41 Å². The van der Waals surface area contributed by atoms with Gasteiger partial charge in [-0.1, -0.05) is 42.5 Å². The van der Waals surface area contributed by atoms with Gasteiger partial charge in [-0.05, 0) is 99.7 Å². The SMILES string of the molecule is Cc1nc2ccccc2n1C1CC2CCC(C1)N2CCC1(c2ccccc2)CCN(C(=O)c2ccc3scnc3c2)CC1. The number of amides is 1. The molecule has 7 heteroatoms. The van der Waals surface area contributed by atoms with Crippen molar-refractivity contribution in [3.05, 3.63) is 95.3 Å². The highest BCUT2D eigenvalue weighted by Crippen LogP contribution is 2.45. The minimum Gasteiger partial charge on any atom is -0.339 e. The Morgan fingerprint density at radius 1 is 0.907 bits per heavy atom. The minimum absolute atomic E-state index is 0.102. The molecule has 5 aromatic rings. The lowest BCUT2D eigenvalue weighted by Crippen LogP contribution is -2.49. The lowest BCUT2D eigenvalue weighted by molar-refractivity contribution is 0.0607. The molecule has 0 radical (unpaired) electrons. The van der Waals surface area contributed by atoms with Crippen LogP contribution in [0.25, 0.3) is 21.3 Å². The van der Waals surface area contributed by atoms with E-state index in [1.54, 1.807) is 11.3 Å². The maximum absolute atomic E-state index is 13.5. The fraction of sp³-hybridized carbons (Fsp3) is 0.417. The molecule has 2 bridgehead atoms. The predicted octanol–water partition coefficient (Wildman–Crippen LogP) is 7.39. The quantitative estimate of drug-likeness (QED) is 0.207. The number of aromatic nitrogens is 3. The highest BCUT2D eigenvalue weighted by Gasteiger charge is 2.44. The number of aryl methyl sites for hydroxylation is 1. The third-order valence-corrected chi connectivity index (χ3v) is 11.6. The van der Waals surface area contributed by atoms with Gasteiger partial charge in [0.25, 0.3) is 5.91 Å². The second-order valence-corrected chi connectivity index (χ2v) is 13.9. The van der Waals surface area contributed by atoms with Gasteiger partial charge in [-0.25, -0.2) is 9.97 Å². The van der Waals surface area contributed by atoms with Gasteiger partial charge in [0.2, 0.25) is 0 Å². The fourth-order valence-electron chi connectivity index (χ4n) is 8.58. The number of nitrogens with zero attached hydrogens (tertiary/aromatic N) is 5. The summed E-state index contributed by atoms with van der Waals surface area (Å²) < 4.78 is 3.66. The number of hydrogen-bond donors (Lipinski definition) is 0. The standard InChI is InChI=1S/C36H39N5OS/c1-25-38-31-9-5-6-10-33(31)41(25)30-22-28-12-13-29(23-30)40(28)20-17-36(27-7-3-2-4-8-27)15-18-39(19-16-36)35(42)26-11-14-34-32(21-26)37-24-43-34/h2-11,14,21,24,28-30H,12-13,15-20,22-23H2,1H3. The molecule has 0 aliphatic carbocycles. The van der Waals surface area contributed by atoms with E-state index in [4.69, 9.17) is 4.98 Å². The van der Waals surface area contributed by atoms with E-state index in [-0.39, 0.29) is 11.3 Å². The highest BCUT2D eigenvalue weighted by atomic mass is 32.1. The Hall–Kier alpha value is -3.55. The van der Waals surface area contributed by atoms with E-state index in [9.17, 15) is 4.79 Å². The summed E-state index contributed by atoms with van der Waals surface area (Å²) >= 11 is 1.62. The smallest absolute Gasteiger partial charge is 0.253 e. The summed E-state index contributed by atoms with van der Waals surface area (Å²) in [6, 6.07) is 27.5. The molecule has 0 spiro atoms. The van der Waals surface area contributed by atoms with Gasteiger partial charge in [0.1, 0.15) is 5.82 Å². The van der Waals surface area contributed by atoms with E-state index >= 15 is 0 Å². The van der Waals surface area contributed by atoms with Crippen LogP contribution in [0.4, 0.5) is 0 Å². The number of carbonyl (C=O) groups excluding carboxylic acids is 1. The van der Waals surface area contributed by atoms with E-state index in [2.05, 4.69) is 80.9 Å². The van der Waals surface area contributed by atoms with Crippen molar-refractivity contribution < 1.29 is 4.79 Å². The van der Waals surface area contributed by atoms with Crippen LogP contribution in [0, 0.1) is 6.92 Å². The predicted molar refractivity (Wildman–Crippen MR) is 174 cm³/mol. The van der Waals surface area contributed by atoms with Crippen LogP contribution in [0.1, 0.15) is 72.7 Å². The molecule has 220 valence electrons. The van der Waals surface area contributed by atoms with Gasteiger partial charge in [-0.2, -0.15) is 0 Å². The highest BCUT2D eigenvalue weighted by molar-refractivity contribution is 7.16. The Morgan fingerprint density at radius 2 is 1.65 bits per heavy atom. The zero-order valence-electron chi connectivity index (χ0n) is 24.9. The molecule has 5 heterocycles. The molecule has 2 atom stereocenters. The van der Waals surface area contributed by atoms with Crippen LogP contribution >= 0.6 is 11.3 Å². The zero-order valence-corrected chi connectivity index (χ0v) is 25.7. The van der Waals surface area contributed by atoms with Gasteiger partial charge in [-0.15, -0.1) is 11.3 Å². The van der Waals surface area contributed by atoms with E-state index in [1.807, 2.05) is 23.7 Å². The van der Waals surface area contributed by atoms with Crippen molar-refractivity contribution in [2.75, 3.05) is 19.6 Å². The van der Waals surface area contributed by atoms with Crippen molar-refractivity contribution in [2.45, 2.75) is 75.4 Å². The number of hydrogen-bond acceptors (Lipinski definition) is 5. The first-order valence-corrected chi connectivity index (χ1v) is 16.8. The van der Waals surface area contributed by atoms with Crippen LogP contribution < -0.4 is 0 Å². The maximum atomic E-state index is 13.5. The second kappa shape index (κ2) is 10.9. The largest absolute Gasteiger partial charge is 0.339 e. The summed E-state index contributed by atoms with van der Waals surface area (Å²) in [6.07, 6.45) is 8.19. The number of para-hydroxylation sites is 2.